The molecule has 21 heavy (non-hydrogen) atoms. The molecule has 8 heteroatoms. The van der Waals surface area contributed by atoms with Crippen molar-refractivity contribution in [1.82, 2.24) is 4.31 Å². The van der Waals surface area contributed by atoms with Gasteiger partial charge in [-0.1, -0.05) is 27.5 Å². The molecule has 116 valence electrons. The van der Waals surface area contributed by atoms with E-state index in [0.29, 0.717) is 4.47 Å². The number of carbonyl (C=O) groups excluding carboxylic acids is 1. The highest BCUT2D eigenvalue weighted by Gasteiger charge is 2.40. The van der Waals surface area contributed by atoms with Gasteiger partial charge in [-0.25, -0.2) is 8.42 Å². The molecule has 0 aromatic heterocycles. The molecule has 0 radical (unpaired) electrons. The highest BCUT2D eigenvalue weighted by atomic mass is 79.9. The second kappa shape index (κ2) is 6.64. The predicted molar refractivity (Wildman–Crippen MR) is 82.7 cm³/mol. The molecular weight excluding hydrogens is 382 g/mol. The monoisotopic (exact) mass is 395 g/mol. The van der Waals surface area contributed by atoms with Gasteiger partial charge in [0.2, 0.25) is 10.0 Å². The molecule has 5 nitrogen and oxygen atoms in total. The largest absolute Gasteiger partial charge is 0.465 e. The van der Waals surface area contributed by atoms with Gasteiger partial charge in [-0.05, 0) is 38.0 Å². The third-order valence-electron chi connectivity index (χ3n) is 3.02. The molecule has 1 saturated carbocycles. The zero-order valence-corrected chi connectivity index (χ0v) is 14.5. The summed E-state index contributed by atoms with van der Waals surface area (Å²) in [5, 5.41) is 0.124. The van der Waals surface area contributed by atoms with Crippen molar-refractivity contribution in [2.75, 3.05) is 13.2 Å². The van der Waals surface area contributed by atoms with Crippen molar-refractivity contribution in [1.29, 1.82) is 0 Å². The van der Waals surface area contributed by atoms with Crippen LogP contribution >= 0.6 is 27.5 Å². The lowest BCUT2D eigenvalue weighted by Crippen LogP contribution is -2.38. The molecule has 0 aliphatic heterocycles. The van der Waals surface area contributed by atoms with Crippen molar-refractivity contribution in [3.05, 3.63) is 27.7 Å². The minimum atomic E-state index is -3.82. The van der Waals surface area contributed by atoms with Crippen LogP contribution in [-0.4, -0.2) is 37.9 Å². The Bertz CT molecular complexity index is 646. The first kappa shape index (κ1) is 16.7. The average Bonchev–Trinajstić information content (AvgIpc) is 3.19. The van der Waals surface area contributed by atoms with Crippen molar-refractivity contribution in [2.24, 2.45) is 0 Å². The molecule has 1 aliphatic carbocycles. The van der Waals surface area contributed by atoms with E-state index in [9.17, 15) is 13.2 Å². The standard InChI is InChI=1S/C13H15BrClNO4S/c1-2-20-13(17)8-16(10-4-5-10)21(18,19)12-6-3-9(14)7-11(12)15/h3,6-7,10H,2,4-5,8H2,1H3. The molecule has 1 fully saturated rings. The highest BCUT2D eigenvalue weighted by molar-refractivity contribution is 9.10. The number of nitrogens with zero attached hydrogens (tertiary/aromatic N) is 1. The van der Waals surface area contributed by atoms with Crippen molar-refractivity contribution >= 4 is 43.5 Å². The maximum absolute atomic E-state index is 12.7. The molecule has 0 amide bonds. The van der Waals surface area contributed by atoms with E-state index in [2.05, 4.69) is 15.9 Å². The number of rotatable bonds is 6. The van der Waals surface area contributed by atoms with Gasteiger partial charge in [0.15, 0.2) is 0 Å². The van der Waals surface area contributed by atoms with Crippen molar-refractivity contribution in [3.63, 3.8) is 0 Å². The molecule has 0 saturated heterocycles. The van der Waals surface area contributed by atoms with E-state index < -0.39 is 16.0 Å². The summed E-state index contributed by atoms with van der Waals surface area (Å²) in [6, 6.07) is 4.40. The van der Waals surface area contributed by atoms with Gasteiger partial charge in [-0.15, -0.1) is 0 Å². The van der Waals surface area contributed by atoms with Crippen molar-refractivity contribution in [2.45, 2.75) is 30.7 Å². The van der Waals surface area contributed by atoms with Crippen LogP contribution in [0.5, 0.6) is 0 Å². The van der Waals surface area contributed by atoms with E-state index in [4.69, 9.17) is 16.3 Å². The topological polar surface area (TPSA) is 63.7 Å². The van der Waals surface area contributed by atoms with Crippen LogP contribution in [0.2, 0.25) is 5.02 Å². The van der Waals surface area contributed by atoms with Gasteiger partial charge in [0.1, 0.15) is 11.4 Å². The van der Waals surface area contributed by atoms with Crippen LogP contribution < -0.4 is 0 Å². The van der Waals surface area contributed by atoms with Gasteiger partial charge in [-0.2, -0.15) is 4.31 Å². The van der Waals surface area contributed by atoms with Gasteiger partial charge in [0.05, 0.1) is 11.6 Å². The summed E-state index contributed by atoms with van der Waals surface area (Å²) in [5.74, 6) is -0.554. The molecule has 0 bridgehead atoms. The number of sulfonamides is 1. The molecule has 1 aromatic rings. The van der Waals surface area contributed by atoms with Gasteiger partial charge in [0.25, 0.3) is 0 Å². The second-order valence-electron chi connectivity index (χ2n) is 4.66. The fourth-order valence-corrected chi connectivity index (χ4v) is 4.56. The summed E-state index contributed by atoms with van der Waals surface area (Å²) >= 11 is 9.26. The van der Waals surface area contributed by atoms with Crippen LogP contribution in [0.15, 0.2) is 27.6 Å². The number of ether oxygens (including phenoxy) is 1. The fourth-order valence-electron chi connectivity index (χ4n) is 1.92. The SMILES string of the molecule is CCOC(=O)CN(C1CC1)S(=O)(=O)c1ccc(Br)cc1Cl. The number of halogens is 2. The normalized spacial score (nSPS) is 15.2. The zero-order chi connectivity index (χ0) is 15.6. The molecule has 0 atom stereocenters. The third-order valence-corrected chi connectivity index (χ3v) is 5.90. The predicted octanol–water partition coefficient (Wildman–Crippen LogP) is 2.82. The zero-order valence-electron chi connectivity index (χ0n) is 11.4. The van der Waals surface area contributed by atoms with Crippen molar-refractivity contribution in [3.8, 4) is 0 Å². The number of hydrogen-bond acceptors (Lipinski definition) is 4. The fraction of sp³-hybridized carbons (Fsp3) is 0.462. The van der Waals surface area contributed by atoms with Gasteiger partial charge >= 0.3 is 5.97 Å². The smallest absolute Gasteiger partial charge is 0.321 e. The molecule has 0 heterocycles. The average molecular weight is 397 g/mol. The van der Waals surface area contributed by atoms with E-state index in [1.807, 2.05) is 0 Å². The molecule has 0 spiro atoms. The molecule has 0 unspecified atom stereocenters. The maximum Gasteiger partial charge on any atom is 0.321 e. The lowest BCUT2D eigenvalue weighted by molar-refractivity contribution is -0.143. The van der Waals surface area contributed by atoms with Crippen LogP contribution in [0, 0.1) is 0 Å². The molecular formula is C13H15BrClNO4S. The van der Waals surface area contributed by atoms with Crippen LogP contribution in [0.4, 0.5) is 0 Å². The summed E-state index contributed by atoms with van der Waals surface area (Å²) in [6.07, 6.45) is 1.49. The summed E-state index contributed by atoms with van der Waals surface area (Å²) in [5.41, 5.74) is 0. The Labute approximate surface area is 137 Å². The van der Waals surface area contributed by atoms with E-state index >= 15 is 0 Å². The quantitative estimate of drug-likeness (QED) is 0.694. The summed E-state index contributed by atoms with van der Waals surface area (Å²) < 4.78 is 32.1. The molecule has 1 aliphatic rings. The molecule has 0 N–H and O–H groups in total. The van der Waals surface area contributed by atoms with Crippen molar-refractivity contribution < 1.29 is 17.9 Å². The molecule has 1 aromatic carbocycles. The Morgan fingerprint density at radius 3 is 2.67 bits per heavy atom. The highest BCUT2D eigenvalue weighted by Crippen LogP contribution is 2.34. The van der Waals surface area contributed by atoms with Crippen LogP contribution in [0.3, 0.4) is 0 Å². The van der Waals surface area contributed by atoms with Gasteiger partial charge in [-0.3, -0.25) is 4.79 Å². The van der Waals surface area contributed by atoms with Gasteiger partial charge in [0, 0.05) is 10.5 Å². The number of carbonyl (C=O) groups is 1. The Kier molecular flexibility index (Phi) is 5.29. The Morgan fingerprint density at radius 2 is 2.14 bits per heavy atom. The molecule has 2 rings (SSSR count). The summed E-state index contributed by atoms with van der Waals surface area (Å²) in [7, 11) is -3.82. The first-order chi connectivity index (χ1) is 9.86. The van der Waals surface area contributed by atoms with E-state index in [0.717, 1.165) is 12.8 Å². The first-order valence-electron chi connectivity index (χ1n) is 6.48. The summed E-state index contributed by atoms with van der Waals surface area (Å²) in [4.78, 5) is 11.6. The lowest BCUT2D eigenvalue weighted by Gasteiger charge is -2.21. The Hall–Kier alpha value is -0.630. The maximum atomic E-state index is 12.7. The van der Waals surface area contributed by atoms with E-state index in [-0.39, 0.29) is 29.1 Å². The minimum absolute atomic E-state index is 0.00330. The number of benzene rings is 1. The Balaban J connectivity index is 2.31. The second-order valence-corrected chi connectivity index (χ2v) is 7.84. The lowest BCUT2D eigenvalue weighted by atomic mass is 10.4. The number of esters is 1. The van der Waals surface area contributed by atoms with Crippen LogP contribution in [0.25, 0.3) is 0 Å². The summed E-state index contributed by atoms with van der Waals surface area (Å²) in [6.45, 7) is 1.61. The van der Waals surface area contributed by atoms with E-state index in [1.165, 1.54) is 16.4 Å². The third kappa shape index (κ3) is 3.97. The van der Waals surface area contributed by atoms with Crippen LogP contribution in [-0.2, 0) is 19.6 Å². The van der Waals surface area contributed by atoms with Crippen LogP contribution in [0.1, 0.15) is 19.8 Å². The number of hydrogen-bond donors (Lipinski definition) is 0. The van der Waals surface area contributed by atoms with Gasteiger partial charge < -0.3 is 4.74 Å². The van der Waals surface area contributed by atoms with E-state index in [1.54, 1.807) is 13.0 Å². The first-order valence-corrected chi connectivity index (χ1v) is 9.10. The minimum Gasteiger partial charge on any atom is -0.465 e. The Morgan fingerprint density at radius 1 is 1.48 bits per heavy atom.